The van der Waals surface area contributed by atoms with Gasteiger partial charge in [-0.25, -0.2) is 0 Å². The van der Waals surface area contributed by atoms with E-state index < -0.39 is 0 Å². The Kier molecular flexibility index (Phi) is 6.86. The van der Waals surface area contributed by atoms with Crippen LogP contribution in [-0.2, 0) is 28.1 Å². The number of hydrogen-bond donors (Lipinski definition) is 0. The molecule has 0 bridgehead atoms. The molecule has 0 aliphatic carbocycles. The quantitative estimate of drug-likeness (QED) is 0.540. The van der Waals surface area contributed by atoms with Crippen molar-refractivity contribution >= 4 is 11.6 Å². The largest absolute Gasteiger partial charge is 0.291 e. The summed E-state index contributed by atoms with van der Waals surface area (Å²) in [5.41, 5.74) is 0. The van der Waals surface area contributed by atoms with Crippen molar-refractivity contribution in [3.8, 4) is 0 Å². The molecule has 2 nitrogen and oxygen atoms in total. The molecule has 0 aromatic rings. The van der Waals surface area contributed by atoms with Crippen LogP contribution in [0.25, 0.3) is 0 Å². The van der Waals surface area contributed by atoms with E-state index in [0.717, 1.165) is 0 Å². The van der Waals surface area contributed by atoms with Crippen molar-refractivity contribution in [2.75, 3.05) is 0 Å². The Bertz CT molecular complexity index is 98.6. The molecular weight excluding hydrogens is 143 g/mol. The summed E-state index contributed by atoms with van der Waals surface area (Å²) in [7, 11) is 0. The number of ketones is 2. The van der Waals surface area contributed by atoms with Gasteiger partial charge in [0, 0.05) is 31.9 Å². The van der Waals surface area contributed by atoms with Gasteiger partial charge in [-0.15, -0.1) is 0 Å². The molecule has 3 heteroatoms. The monoisotopic (exact) mass is 151 g/mol. The molecule has 0 saturated heterocycles. The SMILES string of the molecule is CCC(=O)C(C)=O.[V]. The zero-order valence-electron chi connectivity index (χ0n) is 4.97. The molecule has 1 radical (unpaired) electrons. The predicted octanol–water partition coefficient (Wildman–Crippen LogP) is 0.552. The van der Waals surface area contributed by atoms with E-state index in [9.17, 15) is 9.59 Å². The Morgan fingerprint density at radius 2 is 1.75 bits per heavy atom. The third kappa shape index (κ3) is 4.09. The second kappa shape index (κ2) is 5.07. The molecule has 0 aliphatic rings. The number of hydrogen-bond acceptors (Lipinski definition) is 2. The molecule has 0 unspecified atom stereocenters. The smallest absolute Gasteiger partial charge is 0.197 e. The van der Waals surface area contributed by atoms with Gasteiger partial charge in [0.25, 0.3) is 0 Å². The number of Topliss-reactive ketones (excluding diaryl/α,β-unsaturated/α-hetero) is 2. The van der Waals surface area contributed by atoms with Crippen molar-refractivity contribution in [1.82, 2.24) is 0 Å². The van der Waals surface area contributed by atoms with Gasteiger partial charge in [-0.05, 0) is 0 Å². The van der Waals surface area contributed by atoms with Gasteiger partial charge in [-0.3, -0.25) is 9.59 Å². The Balaban J connectivity index is 0. The first-order chi connectivity index (χ1) is 3.18. The topological polar surface area (TPSA) is 34.1 Å². The summed E-state index contributed by atoms with van der Waals surface area (Å²) in [6.07, 6.45) is 0.329. The van der Waals surface area contributed by atoms with Gasteiger partial charge in [0.15, 0.2) is 11.6 Å². The number of rotatable bonds is 2. The summed E-state index contributed by atoms with van der Waals surface area (Å²) in [5, 5.41) is 0. The molecule has 45 valence electrons. The Hall–Kier alpha value is -0.0756. The van der Waals surface area contributed by atoms with Crippen molar-refractivity contribution < 1.29 is 28.1 Å². The van der Waals surface area contributed by atoms with E-state index in [0.29, 0.717) is 6.42 Å². The van der Waals surface area contributed by atoms with Crippen LogP contribution in [0.5, 0.6) is 0 Å². The summed E-state index contributed by atoms with van der Waals surface area (Å²) in [6.45, 7) is 2.95. The number of carbonyl (C=O) groups excluding carboxylic acids is 2. The first-order valence-corrected chi connectivity index (χ1v) is 2.22. The fourth-order valence-electron chi connectivity index (χ4n) is 0.249. The fourth-order valence-corrected chi connectivity index (χ4v) is 0.249. The third-order valence-electron chi connectivity index (χ3n) is 0.714. The maximum Gasteiger partial charge on any atom is 0.197 e. The molecule has 0 amide bonds. The summed E-state index contributed by atoms with van der Waals surface area (Å²) in [6, 6.07) is 0. The van der Waals surface area contributed by atoms with Crippen LogP contribution < -0.4 is 0 Å². The average molecular weight is 151 g/mol. The van der Waals surface area contributed by atoms with E-state index >= 15 is 0 Å². The standard InChI is InChI=1S/C5H8O2.V/c1-3-5(7)4(2)6;/h3H2,1-2H3;. The average Bonchev–Trinajstić information content (AvgIpc) is 1.65. The van der Waals surface area contributed by atoms with Crippen molar-refractivity contribution in [3.63, 3.8) is 0 Å². The summed E-state index contributed by atoms with van der Waals surface area (Å²) >= 11 is 0. The Labute approximate surface area is 60.5 Å². The molecule has 0 rings (SSSR count). The fraction of sp³-hybridized carbons (Fsp3) is 0.600. The van der Waals surface area contributed by atoms with Gasteiger partial charge in [0.1, 0.15) is 0 Å². The summed E-state index contributed by atoms with van der Waals surface area (Å²) < 4.78 is 0. The molecule has 0 aromatic heterocycles. The van der Waals surface area contributed by atoms with E-state index in [1.54, 1.807) is 6.92 Å². The van der Waals surface area contributed by atoms with E-state index in [4.69, 9.17) is 0 Å². The predicted molar refractivity (Wildman–Crippen MR) is 26.0 cm³/mol. The van der Waals surface area contributed by atoms with Crippen molar-refractivity contribution in [2.45, 2.75) is 20.3 Å². The first kappa shape index (κ1) is 10.8. The van der Waals surface area contributed by atoms with E-state index in [-0.39, 0.29) is 30.1 Å². The van der Waals surface area contributed by atoms with Crippen LogP contribution >= 0.6 is 0 Å². The second-order valence-electron chi connectivity index (χ2n) is 1.33. The van der Waals surface area contributed by atoms with E-state index in [1.807, 2.05) is 0 Å². The van der Waals surface area contributed by atoms with Crippen LogP contribution in [0, 0.1) is 0 Å². The minimum absolute atomic E-state index is 0. The maximum atomic E-state index is 10.2. The molecule has 0 fully saturated rings. The zero-order valence-corrected chi connectivity index (χ0v) is 6.37. The maximum absolute atomic E-state index is 10.2. The molecule has 0 atom stereocenters. The van der Waals surface area contributed by atoms with Crippen molar-refractivity contribution in [1.29, 1.82) is 0 Å². The molecule has 0 aliphatic heterocycles. The van der Waals surface area contributed by atoms with Gasteiger partial charge in [0.2, 0.25) is 0 Å². The van der Waals surface area contributed by atoms with Gasteiger partial charge in [0.05, 0.1) is 0 Å². The van der Waals surface area contributed by atoms with Crippen LogP contribution in [0.2, 0.25) is 0 Å². The molecule has 0 saturated carbocycles. The van der Waals surface area contributed by atoms with Crippen LogP contribution in [0.15, 0.2) is 0 Å². The summed E-state index contributed by atoms with van der Waals surface area (Å²) in [4.78, 5) is 20.2. The third-order valence-corrected chi connectivity index (χ3v) is 0.714. The normalized spacial score (nSPS) is 7.25. The number of carbonyl (C=O) groups is 2. The molecule has 0 heterocycles. The minimum atomic E-state index is -0.345. The van der Waals surface area contributed by atoms with Crippen LogP contribution in [-0.4, -0.2) is 11.6 Å². The van der Waals surface area contributed by atoms with Crippen LogP contribution in [0.1, 0.15) is 20.3 Å². The van der Waals surface area contributed by atoms with Gasteiger partial charge < -0.3 is 0 Å². The summed E-state index contributed by atoms with van der Waals surface area (Å²) in [5.74, 6) is -0.637. The molecule has 0 spiro atoms. The minimum Gasteiger partial charge on any atom is -0.291 e. The van der Waals surface area contributed by atoms with E-state index in [1.165, 1.54) is 6.92 Å². The van der Waals surface area contributed by atoms with Gasteiger partial charge in [-0.2, -0.15) is 0 Å². The molecule has 0 N–H and O–H groups in total. The second-order valence-corrected chi connectivity index (χ2v) is 1.33. The molecule has 0 aromatic carbocycles. The zero-order chi connectivity index (χ0) is 5.86. The Morgan fingerprint density at radius 3 is 1.75 bits per heavy atom. The molecular formula is C5H8O2V. The molecule has 8 heavy (non-hydrogen) atoms. The van der Waals surface area contributed by atoms with E-state index in [2.05, 4.69) is 0 Å². The van der Waals surface area contributed by atoms with Gasteiger partial charge in [-0.1, -0.05) is 6.92 Å². The van der Waals surface area contributed by atoms with Crippen LogP contribution in [0.4, 0.5) is 0 Å². The first-order valence-electron chi connectivity index (χ1n) is 2.22. The van der Waals surface area contributed by atoms with Gasteiger partial charge >= 0.3 is 0 Å². The van der Waals surface area contributed by atoms with Crippen molar-refractivity contribution in [2.24, 2.45) is 0 Å². The van der Waals surface area contributed by atoms with Crippen molar-refractivity contribution in [3.05, 3.63) is 0 Å². The Morgan fingerprint density at radius 1 is 1.38 bits per heavy atom. The van der Waals surface area contributed by atoms with Crippen LogP contribution in [0.3, 0.4) is 0 Å².